The van der Waals surface area contributed by atoms with E-state index in [1.54, 1.807) is 0 Å². The summed E-state index contributed by atoms with van der Waals surface area (Å²) in [5.41, 5.74) is -3.94. The molecule has 2 aromatic rings. The third kappa shape index (κ3) is 5.13. The van der Waals surface area contributed by atoms with Crippen LogP contribution in [0.15, 0.2) is 30.6 Å². The molecular formula is C17H14F6N4O2. The number of carbonyl (C=O) groups is 1. The number of rotatable bonds is 3. The highest BCUT2D eigenvalue weighted by atomic mass is 19.4. The molecule has 1 amide bonds. The fourth-order valence-corrected chi connectivity index (χ4v) is 2.66. The molecular weight excluding hydrogens is 406 g/mol. The topological polar surface area (TPSA) is 67.4 Å². The van der Waals surface area contributed by atoms with E-state index in [9.17, 15) is 31.1 Å². The number of amides is 1. The summed E-state index contributed by atoms with van der Waals surface area (Å²) in [6, 6.07) is 2.04. The number of benzene rings is 1. The number of morpholine rings is 1. The van der Waals surface area contributed by atoms with E-state index in [2.05, 4.69) is 15.3 Å². The maximum absolute atomic E-state index is 12.9. The van der Waals surface area contributed by atoms with Crippen molar-refractivity contribution in [2.75, 3.05) is 36.5 Å². The van der Waals surface area contributed by atoms with Crippen LogP contribution < -0.4 is 10.2 Å². The summed E-state index contributed by atoms with van der Waals surface area (Å²) in [6.07, 6.45) is -8.96. The molecule has 2 heterocycles. The summed E-state index contributed by atoms with van der Waals surface area (Å²) in [5, 5.41) is 2.21. The molecule has 1 aromatic carbocycles. The Labute approximate surface area is 160 Å². The lowest BCUT2D eigenvalue weighted by Gasteiger charge is -2.27. The van der Waals surface area contributed by atoms with Crippen LogP contribution >= 0.6 is 0 Å². The van der Waals surface area contributed by atoms with Gasteiger partial charge in [-0.3, -0.25) is 4.79 Å². The smallest absolute Gasteiger partial charge is 0.378 e. The molecule has 0 atom stereocenters. The lowest BCUT2D eigenvalue weighted by atomic mass is 10.0. The Morgan fingerprint density at radius 1 is 0.931 bits per heavy atom. The van der Waals surface area contributed by atoms with Gasteiger partial charge in [-0.05, 0) is 18.2 Å². The van der Waals surface area contributed by atoms with Crippen molar-refractivity contribution in [3.05, 3.63) is 47.3 Å². The first-order valence-corrected chi connectivity index (χ1v) is 8.29. The molecule has 156 valence electrons. The molecule has 0 saturated carbocycles. The van der Waals surface area contributed by atoms with Gasteiger partial charge < -0.3 is 15.0 Å². The SMILES string of the molecule is O=C(Nc1cc(N2CCOCC2)ncn1)c1cc(C(F)(F)F)cc(C(F)(F)F)c1. The van der Waals surface area contributed by atoms with Gasteiger partial charge in [0.25, 0.3) is 5.91 Å². The van der Waals surface area contributed by atoms with E-state index in [0.29, 0.717) is 44.3 Å². The molecule has 0 unspecified atom stereocenters. The van der Waals surface area contributed by atoms with Gasteiger partial charge in [-0.2, -0.15) is 26.3 Å². The number of ether oxygens (including phenoxy) is 1. The molecule has 0 aliphatic carbocycles. The summed E-state index contributed by atoms with van der Waals surface area (Å²) in [7, 11) is 0. The Kier molecular flexibility index (Phi) is 5.64. The fraction of sp³-hybridized carbons (Fsp3) is 0.353. The number of hydrogen-bond donors (Lipinski definition) is 1. The van der Waals surface area contributed by atoms with Crippen molar-refractivity contribution >= 4 is 17.5 Å². The van der Waals surface area contributed by atoms with Crippen LogP contribution in [-0.4, -0.2) is 42.2 Å². The van der Waals surface area contributed by atoms with Gasteiger partial charge in [0.2, 0.25) is 0 Å². The highest BCUT2D eigenvalue weighted by Gasteiger charge is 2.37. The molecule has 0 radical (unpaired) electrons. The van der Waals surface area contributed by atoms with Crippen LogP contribution in [0.4, 0.5) is 38.0 Å². The van der Waals surface area contributed by atoms with Crippen LogP contribution in [0.1, 0.15) is 21.5 Å². The Bertz CT molecular complexity index is 862. The third-order valence-corrected chi connectivity index (χ3v) is 4.08. The molecule has 1 aliphatic rings. The highest BCUT2D eigenvalue weighted by Crippen LogP contribution is 2.36. The van der Waals surface area contributed by atoms with Gasteiger partial charge in [0.15, 0.2) is 0 Å². The Hall–Kier alpha value is -2.89. The maximum atomic E-state index is 12.9. The van der Waals surface area contributed by atoms with E-state index in [-0.39, 0.29) is 11.9 Å². The van der Waals surface area contributed by atoms with Gasteiger partial charge in [-0.25, -0.2) is 9.97 Å². The molecule has 1 aromatic heterocycles. The molecule has 29 heavy (non-hydrogen) atoms. The minimum Gasteiger partial charge on any atom is -0.378 e. The van der Waals surface area contributed by atoms with Crippen LogP contribution in [-0.2, 0) is 17.1 Å². The van der Waals surface area contributed by atoms with Crippen LogP contribution in [0.2, 0.25) is 0 Å². The minimum absolute atomic E-state index is 0.0437. The van der Waals surface area contributed by atoms with Crippen molar-refractivity contribution < 1.29 is 35.9 Å². The van der Waals surface area contributed by atoms with Crippen molar-refractivity contribution in [1.29, 1.82) is 0 Å². The summed E-state index contributed by atoms with van der Waals surface area (Å²) >= 11 is 0. The standard InChI is InChI=1S/C17H14F6N4O2/c18-16(19,20)11-5-10(6-12(7-11)17(21,22)23)15(28)26-13-8-14(25-9-24-13)27-1-3-29-4-2-27/h5-9H,1-4H2,(H,24,25,26,28). The number of nitrogens with zero attached hydrogens (tertiary/aromatic N) is 3. The Morgan fingerprint density at radius 2 is 1.52 bits per heavy atom. The molecule has 6 nitrogen and oxygen atoms in total. The molecule has 1 N–H and O–H groups in total. The minimum atomic E-state index is -5.05. The number of aromatic nitrogens is 2. The van der Waals surface area contributed by atoms with E-state index in [0.717, 1.165) is 6.33 Å². The first-order valence-electron chi connectivity index (χ1n) is 8.29. The van der Waals surface area contributed by atoms with E-state index < -0.39 is 35.0 Å². The van der Waals surface area contributed by atoms with Crippen molar-refractivity contribution in [3.63, 3.8) is 0 Å². The first kappa shape index (κ1) is 20.8. The van der Waals surface area contributed by atoms with Gasteiger partial charge in [-0.15, -0.1) is 0 Å². The molecule has 1 aliphatic heterocycles. The molecule has 3 rings (SSSR count). The molecule has 12 heteroatoms. The Morgan fingerprint density at radius 3 is 2.07 bits per heavy atom. The average molecular weight is 420 g/mol. The fourth-order valence-electron chi connectivity index (χ4n) is 2.66. The van der Waals surface area contributed by atoms with Gasteiger partial charge in [0.05, 0.1) is 24.3 Å². The van der Waals surface area contributed by atoms with Crippen LogP contribution in [0.25, 0.3) is 0 Å². The lowest BCUT2D eigenvalue weighted by Crippen LogP contribution is -2.36. The molecule has 1 fully saturated rings. The average Bonchev–Trinajstić information content (AvgIpc) is 2.67. The molecule has 0 spiro atoms. The van der Waals surface area contributed by atoms with E-state index in [1.165, 1.54) is 6.07 Å². The highest BCUT2D eigenvalue weighted by molar-refractivity contribution is 6.04. The van der Waals surface area contributed by atoms with Crippen molar-refractivity contribution in [1.82, 2.24) is 9.97 Å². The monoisotopic (exact) mass is 420 g/mol. The second kappa shape index (κ2) is 7.85. The van der Waals surface area contributed by atoms with Gasteiger partial charge in [-0.1, -0.05) is 0 Å². The van der Waals surface area contributed by atoms with Crippen molar-refractivity contribution in [2.24, 2.45) is 0 Å². The zero-order chi connectivity index (χ0) is 21.2. The number of hydrogen-bond acceptors (Lipinski definition) is 5. The first-order chi connectivity index (χ1) is 13.5. The largest absolute Gasteiger partial charge is 0.416 e. The third-order valence-electron chi connectivity index (χ3n) is 4.08. The van der Waals surface area contributed by atoms with E-state index in [1.807, 2.05) is 4.90 Å². The quantitative estimate of drug-likeness (QED) is 0.769. The van der Waals surface area contributed by atoms with Gasteiger partial charge in [0, 0.05) is 24.7 Å². The molecule has 1 saturated heterocycles. The predicted molar refractivity (Wildman–Crippen MR) is 89.5 cm³/mol. The summed E-state index contributed by atoms with van der Waals surface area (Å²) in [5.74, 6) is -0.774. The summed E-state index contributed by atoms with van der Waals surface area (Å²) in [6.45, 7) is 2.01. The van der Waals surface area contributed by atoms with Gasteiger partial charge >= 0.3 is 12.4 Å². The van der Waals surface area contributed by atoms with E-state index in [4.69, 9.17) is 4.74 Å². The lowest BCUT2D eigenvalue weighted by molar-refractivity contribution is -0.143. The number of halogens is 6. The van der Waals surface area contributed by atoms with Crippen LogP contribution in [0.3, 0.4) is 0 Å². The predicted octanol–water partition coefficient (Wildman–Crippen LogP) is 3.60. The number of alkyl halides is 6. The van der Waals surface area contributed by atoms with Crippen molar-refractivity contribution in [2.45, 2.75) is 12.4 Å². The number of anilines is 2. The van der Waals surface area contributed by atoms with Crippen molar-refractivity contribution in [3.8, 4) is 0 Å². The van der Waals surface area contributed by atoms with E-state index >= 15 is 0 Å². The second-order valence-electron chi connectivity index (χ2n) is 6.11. The molecule has 0 bridgehead atoms. The second-order valence-corrected chi connectivity index (χ2v) is 6.11. The zero-order valence-corrected chi connectivity index (χ0v) is 14.6. The maximum Gasteiger partial charge on any atom is 0.416 e. The summed E-state index contributed by atoms with van der Waals surface area (Å²) in [4.78, 5) is 22.0. The summed E-state index contributed by atoms with van der Waals surface area (Å²) < 4.78 is 82.9. The van der Waals surface area contributed by atoms with Crippen LogP contribution in [0.5, 0.6) is 0 Å². The van der Waals surface area contributed by atoms with Gasteiger partial charge in [0.1, 0.15) is 18.0 Å². The zero-order valence-electron chi connectivity index (χ0n) is 14.6. The Balaban J connectivity index is 1.87. The normalized spacial score (nSPS) is 15.3. The van der Waals surface area contributed by atoms with Crippen LogP contribution in [0, 0.1) is 0 Å². The number of carbonyl (C=O) groups excluding carboxylic acids is 1. The number of nitrogens with one attached hydrogen (secondary N) is 1.